The molecule has 1 amide bonds. The quantitative estimate of drug-likeness (QED) is 0.382. The molecule has 0 unspecified atom stereocenters. The topological polar surface area (TPSA) is 91.8 Å². The van der Waals surface area contributed by atoms with E-state index in [1.807, 2.05) is 30.3 Å². The molecule has 3 aromatic heterocycles. The summed E-state index contributed by atoms with van der Waals surface area (Å²) >= 11 is 1.44. The van der Waals surface area contributed by atoms with Crippen molar-refractivity contribution in [3.8, 4) is 0 Å². The summed E-state index contributed by atoms with van der Waals surface area (Å²) in [6, 6.07) is 13.5. The third kappa shape index (κ3) is 5.61. The SMILES string of the molecule is O=C(NCc1ccncc1)c1ccc(F)c(NCc2cnc(Nc3ccccn3)s2)c1. The Morgan fingerprint density at radius 3 is 2.68 bits per heavy atom. The molecule has 0 saturated carbocycles. The average Bonchev–Trinajstić information content (AvgIpc) is 3.25. The second-order valence-electron chi connectivity index (χ2n) is 6.56. The summed E-state index contributed by atoms with van der Waals surface area (Å²) in [6.07, 6.45) is 6.74. The average molecular weight is 435 g/mol. The number of amides is 1. The number of carbonyl (C=O) groups is 1. The number of nitrogens with zero attached hydrogens (tertiary/aromatic N) is 3. The first-order valence-corrected chi connectivity index (χ1v) is 10.3. The van der Waals surface area contributed by atoms with Crippen LogP contribution >= 0.6 is 11.3 Å². The highest BCUT2D eigenvalue weighted by Crippen LogP contribution is 2.23. The normalized spacial score (nSPS) is 10.5. The minimum atomic E-state index is -0.429. The van der Waals surface area contributed by atoms with E-state index < -0.39 is 5.82 Å². The van der Waals surface area contributed by atoms with E-state index in [9.17, 15) is 9.18 Å². The van der Waals surface area contributed by atoms with Gasteiger partial charge in [-0.25, -0.2) is 14.4 Å². The van der Waals surface area contributed by atoms with Gasteiger partial charge in [-0.2, -0.15) is 0 Å². The highest BCUT2D eigenvalue weighted by Gasteiger charge is 2.11. The van der Waals surface area contributed by atoms with E-state index >= 15 is 0 Å². The van der Waals surface area contributed by atoms with Crippen LogP contribution < -0.4 is 16.0 Å². The van der Waals surface area contributed by atoms with Crippen molar-refractivity contribution in [3.63, 3.8) is 0 Å². The van der Waals surface area contributed by atoms with Crippen LogP contribution in [-0.4, -0.2) is 20.9 Å². The fourth-order valence-corrected chi connectivity index (χ4v) is 3.52. The van der Waals surface area contributed by atoms with Gasteiger partial charge in [0.05, 0.1) is 12.2 Å². The smallest absolute Gasteiger partial charge is 0.251 e. The second kappa shape index (κ2) is 9.77. The summed E-state index contributed by atoms with van der Waals surface area (Å²) < 4.78 is 14.2. The second-order valence-corrected chi connectivity index (χ2v) is 7.67. The van der Waals surface area contributed by atoms with Gasteiger partial charge in [0.1, 0.15) is 11.6 Å². The van der Waals surface area contributed by atoms with E-state index in [2.05, 4.69) is 30.9 Å². The number of thiazole rings is 1. The van der Waals surface area contributed by atoms with Gasteiger partial charge in [-0.15, -0.1) is 0 Å². The van der Waals surface area contributed by atoms with Crippen molar-refractivity contribution in [2.45, 2.75) is 13.1 Å². The number of carbonyl (C=O) groups excluding carboxylic acids is 1. The number of hydrogen-bond donors (Lipinski definition) is 3. The molecule has 31 heavy (non-hydrogen) atoms. The molecule has 9 heteroatoms. The molecule has 4 aromatic rings. The maximum absolute atomic E-state index is 14.2. The summed E-state index contributed by atoms with van der Waals surface area (Å²) in [6.45, 7) is 0.745. The van der Waals surface area contributed by atoms with E-state index in [4.69, 9.17) is 0 Å². The van der Waals surface area contributed by atoms with Crippen molar-refractivity contribution in [1.29, 1.82) is 0 Å². The van der Waals surface area contributed by atoms with Gasteiger partial charge in [0.2, 0.25) is 0 Å². The minimum Gasteiger partial charge on any atom is -0.378 e. The molecule has 156 valence electrons. The van der Waals surface area contributed by atoms with Crippen molar-refractivity contribution >= 4 is 33.9 Å². The van der Waals surface area contributed by atoms with Crippen LogP contribution in [0.5, 0.6) is 0 Å². The Hall–Kier alpha value is -3.85. The lowest BCUT2D eigenvalue weighted by Crippen LogP contribution is -2.23. The lowest BCUT2D eigenvalue weighted by Gasteiger charge is -2.10. The molecule has 0 spiro atoms. The Bertz CT molecular complexity index is 1150. The molecule has 0 aliphatic rings. The number of benzene rings is 1. The van der Waals surface area contributed by atoms with Crippen LogP contribution in [0.1, 0.15) is 20.8 Å². The number of aromatic nitrogens is 3. The van der Waals surface area contributed by atoms with Crippen LogP contribution in [0.2, 0.25) is 0 Å². The van der Waals surface area contributed by atoms with E-state index in [0.29, 0.717) is 29.6 Å². The van der Waals surface area contributed by atoms with Crippen molar-refractivity contribution in [2.75, 3.05) is 10.6 Å². The van der Waals surface area contributed by atoms with Gasteiger partial charge in [0, 0.05) is 41.8 Å². The number of halogens is 1. The van der Waals surface area contributed by atoms with Crippen molar-refractivity contribution in [1.82, 2.24) is 20.3 Å². The molecule has 0 radical (unpaired) electrons. The molecular weight excluding hydrogens is 415 g/mol. The fourth-order valence-electron chi connectivity index (χ4n) is 2.76. The van der Waals surface area contributed by atoms with Crippen LogP contribution in [0.3, 0.4) is 0 Å². The lowest BCUT2D eigenvalue weighted by molar-refractivity contribution is 0.0951. The largest absolute Gasteiger partial charge is 0.378 e. The van der Waals surface area contributed by atoms with Crippen LogP contribution in [0.4, 0.5) is 21.0 Å². The predicted molar refractivity (Wildman–Crippen MR) is 119 cm³/mol. The summed E-state index contributed by atoms with van der Waals surface area (Å²) in [7, 11) is 0. The van der Waals surface area contributed by atoms with E-state index in [-0.39, 0.29) is 11.6 Å². The van der Waals surface area contributed by atoms with Crippen LogP contribution in [-0.2, 0) is 13.1 Å². The van der Waals surface area contributed by atoms with E-state index in [1.54, 1.807) is 24.8 Å². The molecule has 0 atom stereocenters. The molecule has 0 aliphatic heterocycles. The van der Waals surface area contributed by atoms with Gasteiger partial charge in [-0.05, 0) is 48.0 Å². The maximum atomic E-state index is 14.2. The molecule has 0 fully saturated rings. The molecule has 3 heterocycles. The van der Waals surface area contributed by atoms with Crippen LogP contribution in [0.15, 0.2) is 73.3 Å². The van der Waals surface area contributed by atoms with Gasteiger partial charge in [0.25, 0.3) is 5.91 Å². The summed E-state index contributed by atoms with van der Waals surface area (Å²) in [4.78, 5) is 25.8. The Morgan fingerprint density at radius 2 is 1.87 bits per heavy atom. The zero-order chi connectivity index (χ0) is 21.5. The Labute approximate surface area is 182 Å². The fraction of sp³-hybridized carbons (Fsp3) is 0.0909. The number of pyridine rings is 2. The zero-order valence-corrected chi connectivity index (χ0v) is 17.2. The summed E-state index contributed by atoms with van der Waals surface area (Å²) in [5, 5.41) is 9.68. The monoisotopic (exact) mass is 434 g/mol. The first-order chi connectivity index (χ1) is 15.2. The molecular formula is C22H19FN6OS. The number of anilines is 3. The Balaban J connectivity index is 1.36. The third-order valence-electron chi connectivity index (χ3n) is 4.34. The highest BCUT2D eigenvalue weighted by molar-refractivity contribution is 7.15. The van der Waals surface area contributed by atoms with Crippen molar-refractivity contribution in [2.24, 2.45) is 0 Å². The predicted octanol–water partition coefficient (Wildman–Crippen LogP) is 4.36. The third-order valence-corrected chi connectivity index (χ3v) is 5.25. The summed E-state index contributed by atoms with van der Waals surface area (Å²) in [5.41, 5.74) is 1.56. The molecule has 1 aromatic carbocycles. The number of nitrogens with one attached hydrogen (secondary N) is 3. The molecule has 0 bridgehead atoms. The molecule has 0 saturated heterocycles. The van der Waals surface area contributed by atoms with Crippen molar-refractivity contribution in [3.05, 3.63) is 95.1 Å². The van der Waals surface area contributed by atoms with E-state index in [0.717, 1.165) is 10.4 Å². The van der Waals surface area contributed by atoms with E-state index in [1.165, 1.54) is 29.5 Å². The van der Waals surface area contributed by atoms with Gasteiger partial charge in [-0.3, -0.25) is 9.78 Å². The number of hydrogen-bond acceptors (Lipinski definition) is 7. The Morgan fingerprint density at radius 1 is 1.00 bits per heavy atom. The first-order valence-electron chi connectivity index (χ1n) is 9.50. The molecule has 4 rings (SSSR count). The van der Waals surface area contributed by atoms with Gasteiger partial charge < -0.3 is 16.0 Å². The zero-order valence-electron chi connectivity index (χ0n) is 16.4. The van der Waals surface area contributed by atoms with Gasteiger partial charge >= 0.3 is 0 Å². The molecule has 0 aliphatic carbocycles. The highest BCUT2D eigenvalue weighted by atomic mass is 32.1. The lowest BCUT2D eigenvalue weighted by atomic mass is 10.1. The van der Waals surface area contributed by atoms with Gasteiger partial charge in [-0.1, -0.05) is 17.4 Å². The molecule has 3 N–H and O–H groups in total. The van der Waals surface area contributed by atoms with Crippen LogP contribution in [0.25, 0.3) is 0 Å². The Kier molecular flexibility index (Phi) is 6.44. The molecule has 7 nitrogen and oxygen atoms in total. The van der Waals surface area contributed by atoms with Gasteiger partial charge in [0.15, 0.2) is 5.13 Å². The minimum absolute atomic E-state index is 0.254. The summed E-state index contributed by atoms with van der Waals surface area (Å²) in [5.74, 6) is -0.00517. The van der Waals surface area contributed by atoms with Crippen LogP contribution in [0, 0.1) is 5.82 Å². The standard InChI is InChI=1S/C22H19FN6OS/c23-18-5-4-16(21(30)27-12-15-6-9-24-10-7-15)11-19(18)26-13-17-14-28-22(31-17)29-20-3-1-2-8-25-20/h1-11,14,26H,12-13H2,(H,27,30)(H,25,28,29). The number of rotatable bonds is 8. The maximum Gasteiger partial charge on any atom is 0.251 e. The van der Waals surface area contributed by atoms with Crippen molar-refractivity contribution < 1.29 is 9.18 Å². The first kappa shape index (κ1) is 20.4.